The first-order chi connectivity index (χ1) is 8.91. The van der Waals surface area contributed by atoms with Gasteiger partial charge in [0.25, 0.3) is 0 Å². The first kappa shape index (κ1) is 15.8. The van der Waals surface area contributed by atoms with Crippen molar-refractivity contribution < 1.29 is 18.3 Å². The van der Waals surface area contributed by atoms with Crippen LogP contribution < -0.4 is 5.32 Å². The van der Waals surface area contributed by atoms with Gasteiger partial charge in [-0.3, -0.25) is 0 Å². The van der Waals surface area contributed by atoms with Crippen molar-refractivity contribution in [2.75, 3.05) is 39.7 Å². The van der Waals surface area contributed by atoms with E-state index >= 15 is 0 Å². The van der Waals surface area contributed by atoms with Crippen molar-refractivity contribution in [2.24, 2.45) is 0 Å². The van der Waals surface area contributed by atoms with E-state index in [4.69, 9.17) is 4.74 Å². The molecule has 0 radical (unpaired) electrons. The predicted octanol–water partition coefficient (Wildman–Crippen LogP) is -0.249. The van der Waals surface area contributed by atoms with Crippen molar-refractivity contribution in [3.8, 4) is 0 Å². The van der Waals surface area contributed by atoms with Crippen molar-refractivity contribution in [3.63, 3.8) is 0 Å². The number of nitrogens with one attached hydrogen (secondary N) is 1. The lowest BCUT2D eigenvalue weighted by Crippen LogP contribution is -2.36. The number of rotatable bonds is 7. The van der Waals surface area contributed by atoms with Gasteiger partial charge in [-0.05, 0) is 12.1 Å². The van der Waals surface area contributed by atoms with Crippen LogP contribution in [0.4, 0.5) is 5.82 Å². The highest BCUT2D eigenvalue weighted by Crippen LogP contribution is 2.15. The number of nitrogens with zero attached hydrogens (tertiary/aromatic N) is 2. The molecule has 1 unspecified atom stereocenters. The first-order valence-electron chi connectivity index (χ1n) is 5.69. The maximum atomic E-state index is 12.2. The number of methoxy groups -OCH3 is 1. The topological polar surface area (TPSA) is 91.8 Å². The second kappa shape index (κ2) is 6.80. The van der Waals surface area contributed by atoms with Crippen molar-refractivity contribution in [3.05, 3.63) is 18.3 Å². The van der Waals surface area contributed by atoms with Gasteiger partial charge in [0.2, 0.25) is 10.0 Å². The van der Waals surface area contributed by atoms with Crippen molar-refractivity contribution in [2.45, 2.75) is 11.0 Å². The summed E-state index contributed by atoms with van der Waals surface area (Å²) in [7, 11) is 0.894. The molecule has 108 valence electrons. The van der Waals surface area contributed by atoms with Crippen molar-refractivity contribution in [1.29, 1.82) is 0 Å². The van der Waals surface area contributed by atoms with E-state index in [0.29, 0.717) is 5.82 Å². The molecule has 19 heavy (non-hydrogen) atoms. The summed E-state index contributed by atoms with van der Waals surface area (Å²) in [5.74, 6) is 0.584. The Balaban J connectivity index is 2.83. The van der Waals surface area contributed by atoms with Crippen molar-refractivity contribution in [1.82, 2.24) is 9.29 Å². The fourth-order valence-electron chi connectivity index (χ4n) is 1.50. The van der Waals surface area contributed by atoms with Gasteiger partial charge >= 0.3 is 0 Å². The lowest BCUT2D eigenvalue weighted by atomic mass is 10.4. The summed E-state index contributed by atoms with van der Waals surface area (Å²) < 4.78 is 30.2. The Morgan fingerprint density at radius 2 is 2.21 bits per heavy atom. The van der Waals surface area contributed by atoms with Gasteiger partial charge in [-0.15, -0.1) is 0 Å². The van der Waals surface area contributed by atoms with Crippen LogP contribution in [0.2, 0.25) is 0 Å². The SMILES string of the molecule is CNc1ccc(S(=O)(=O)N(C)CC(O)COC)cn1. The molecule has 0 fully saturated rings. The smallest absolute Gasteiger partial charge is 0.244 e. The second-order valence-electron chi connectivity index (χ2n) is 4.02. The summed E-state index contributed by atoms with van der Waals surface area (Å²) in [4.78, 5) is 4.04. The van der Waals surface area contributed by atoms with E-state index < -0.39 is 16.1 Å². The maximum absolute atomic E-state index is 12.2. The van der Waals surface area contributed by atoms with Crippen LogP contribution in [0.3, 0.4) is 0 Å². The molecule has 0 bridgehead atoms. The highest BCUT2D eigenvalue weighted by molar-refractivity contribution is 7.89. The van der Waals surface area contributed by atoms with Crippen LogP contribution in [0.5, 0.6) is 0 Å². The molecule has 0 saturated heterocycles. The highest BCUT2D eigenvalue weighted by Gasteiger charge is 2.23. The number of hydrogen-bond donors (Lipinski definition) is 2. The number of aromatic nitrogens is 1. The van der Waals surface area contributed by atoms with Gasteiger partial charge in [-0.2, -0.15) is 4.31 Å². The van der Waals surface area contributed by atoms with Gasteiger partial charge in [0.1, 0.15) is 10.7 Å². The molecule has 2 N–H and O–H groups in total. The Morgan fingerprint density at radius 3 is 2.68 bits per heavy atom. The van der Waals surface area contributed by atoms with Crippen LogP contribution in [0.1, 0.15) is 0 Å². The minimum absolute atomic E-state index is 0.0377. The molecule has 1 aromatic rings. The number of anilines is 1. The molecular weight excluding hydrogens is 270 g/mol. The van der Waals surface area contributed by atoms with E-state index in [2.05, 4.69) is 10.3 Å². The average molecular weight is 289 g/mol. The normalized spacial score (nSPS) is 13.5. The van der Waals surface area contributed by atoms with Gasteiger partial charge in [-0.1, -0.05) is 0 Å². The molecule has 1 rings (SSSR count). The number of likely N-dealkylation sites (N-methyl/N-ethyl adjacent to an activating group) is 1. The van der Waals surface area contributed by atoms with Gasteiger partial charge < -0.3 is 15.2 Å². The minimum Gasteiger partial charge on any atom is -0.389 e. The average Bonchev–Trinajstić information content (AvgIpc) is 2.39. The highest BCUT2D eigenvalue weighted by atomic mass is 32.2. The molecule has 1 atom stereocenters. The maximum Gasteiger partial charge on any atom is 0.244 e. The van der Waals surface area contributed by atoms with Crippen LogP contribution in [-0.4, -0.2) is 63.3 Å². The number of sulfonamides is 1. The van der Waals surface area contributed by atoms with Crippen LogP contribution in [-0.2, 0) is 14.8 Å². The molecule has 0 aromatic carbocycles. The van der Waals surface area contributed by atoms with E-state index in [1.807, 2.05) is 0 Å². The van der Waals surface area contributed by atoms with E-state index in [1.165, 1.54) is 26.4 Å². The Kier molecular flexibility index (Phi) is 5.67. The summed E-state index contributed by atoms with van der Waals surface area (Å²) in [5.41, 5.74) is 0. The molecule has 8 heteroatoms. The third-order valence-corrected chi connectivity index (χ3v) is 4.33. The van der Waals surface area contributed by atoms with Crippen LogP contribution in [0, 0.1) is 0 Å². The number of aliphatic hydroxyl groups excluding tert-OH is 1. The zero-order chi connectivity index (χ0) is 14.5. The number of ether oxygens (including phenoxy) is 1. The summed E-state index contributed by atoms with van der Waals surface area (Å²) >= 11 is 0. The van der Waals surface area contributed by atoms with E-state index in [9.17, 15) is 13.5 Å². The zero-order valence-corrected chi connectivity index (χ0v) is 12.0. The first-order valence-corrected chi connectivity index (χ1v) is 7.13. The molecule has 0 spiro atoms. The fraction of sp³-hybridized carbons (Fsp3) is 0.545. The molecule has 0 aliphatic rings. The lowest BCUT2D eigenvalue weighted by molar-refractivity contribution is 0.0554. The van der Waals surface area contributed by atoms with Crippen molar-refractivity contribution >= 4 is 15.8 Å². The summed E-state index contributed by atoms with van der Waals surface area (Å²) in [6.45, 7) is 0.0424. The standard InChI is InChI=1S/C11H19N3O4S/c1-12-11-5-4-10(6-13-11)19(16,17)14(2)7-9(15)8-18-3/h4-6,9,15H,7-8H2,1-3H3,(H,12,13). The third kappa shape index (κ3) is 4.13. The monoisotopic (exact) mass is 289 g/mol. The van der Waals surface area contributed by atoms with Gasteiger partial charge in [0, 0.05) is 33.9 Å². The van der Waals surface area contributed by atoms with Gasteiger partial charge in [0.05, 0.1) is 12.7 Å². The molecule has 7 nitrogen and oxygen atoms in total. The Labute approximate surface area is 113 Å². The Morgan fingerprint density at radius 1 is 1.53 bits per heavy atom. The number of hydrogen-bond acceptors (Lipinski definition) is 6. The van der Waals surface area contributed by atoms with E-state index in [-0.39, 0.29) is 18.0 Å². The van der Waals surface area contributed by atoms with Gasteiger partial charge in [0.15, 0.2) is 0 Å². The molecule has 0 aliphatic carbocycles. The Hall–Kier alpha value is -1.22. The third-order valence-electron chi connectivity index (χ3n) is 2.53. The number of aliphatic hydroxyl groups is 1. The Bertz CT molecular complexity index is 489. The fourth-order valence-corrected chi connectivity index (χ4v) is 2.65. The van der Waals surface area contributed by atoms with Crippen LogP contribution >= 0.6 is 0 Å². The molecule has 1 heterocycles. The largest absolute Gasteiger partial charge is 0.389 e. The van der Waals surface area contributed by atoms with E-state index in [0.717, 1.165) is 4.31 Å². The predicted molar refractivity (Wildman–Crippen MR) is 71.5 cm³/mol. The van der Waals surface area contributed by atoms with E-state index in [1.54, 1.807) is 13.1 Å². The van der Waals surface area contributed by atoms with Gasteiger partial charge in [-0.25, -0.2) is 13.4 Å². The quantitative estimate of drug-likeness (QED) is 0.719. The molecule has 0 saturated carbocycles. The van der Waals surface area contributed by atoms with Crippen LogP contribution in [0.15, 0.2) is 23.2 Å². The molecular formula is C11H19N3O4S. The molecule has 1 aromatic heterocycles. The minimum atomic E-state index is -3.65. The summed E-state index contributed by atoms with van der Waals surface area (Å²) in [6.07, 6.45) is 0.412. The second-order valence-corrected chi connectivity index (χ2v) is 6.07. The zero-order valence-electron chi connectivity index (χ0n) is 11.2. The number of pyridine rings is 1. The van der Waals surface area contributed by atoms with Crippen LogP contribution in [0.25, 0.3) is 0 Å². The molecule has 0 amide bonds. The molecule has 0 aliphatic heterocycles. The summed E-state index contributed by atoms with van der Waals surface area (Å²) in [6, 6.07) is 3.04. The lowest BCUT2D eigenvalue weighted by Gasteiger charge is -2.20. The summed E-state index contributed by atoms with van der Waals surface area (Å²) in [5, 5.41) is 12.4.